The van der Waals surface area contributed by atoms with E-state index in [0.29, 0.717) is 17.8 Å². The third kappa shape index (κ3) is 4.29. The lowest BCUT2D eigenvalue weighted by Gasteiger charge is -2.13. The van der Waals surface area contributed by atoms with Crippen molar-refractivity contribution in [3.63, 3.8) is 0 Å². The summed E-state index contributed by atoms with van der Waals surface area (Å²) in [6.45, 7) is 1.95. The van der Waals surface area contributed by atoms with Crippen LogP contribution in [0.4, 0.5) is 11.4 Å². The van der Waals surface area contributed by atoms with Crippen LogP contribution in [0.2, 0.25) is 10.0 Å². The summed E-state index contributed by atoms with van der Waals surface area (Å²) in [5, 5.41) is 4.93. The van der Waals surface area contributed by atoms with Crippen molar-refractivity contribution in [3.05, 3.63) is 82.6 Å². The fraction of sp³-hybridized carbons (Fsp3) is 0.0909. The van der Waals surface area contributed by atoms with Gasteiger partial charge in [0.05, 0.1) is 21.4 Å². The first-order valence-electron chi connectivity index (χ1n) is 9.68. The van der Waals surface area contributed by atoms with E-state index >= 15 is 0 Å². The van der Waals surface area contributed by atoms with Gasteiger partial charge in [-0.1, -0.05) is 54.4 Å². The van der Waals surface area contributed by atoms with Gasteiger partial charge in [0.1, 0.15) is 10.7 Å². The summed E-state index contributed by atoms with van der Waals surface area (Å²) >= 11 is 12.3. The fourth-order valence-corrected chi connectivity index (χ4v) is 5.14. The zero-order chi connectivity index (χ0) is 22.9. The molecule has 0 bridgehead atoms. The van der Waals surface area contributed by atoms with Crippen LogP contribution >= 0.6 is 23.2 Å². The van der Waals surface area contributed by atoms with Crippen molar-refractivity contribution in [2.24, 2.45) is 0 Å². The lowest BCUT2D eigenvalue weighted by molar-refractivity contribution is 0.601. The number of nitrogens with one attached hydrogen (secondary N) is 1. The van der Waals surface area contributed by atoms with Gasteiger partial charge in [-0.3, -0.25) is 4.72 Å². The summed E-state index contributed by atoms with van der Waals surface area (Å²) in [6.07, 6.45) is 0.604. The fourth-order valence-electron chi connectivity index (χ4n) is 3.19. The highest BCUT2D eigenvalue weighted by Crippen LogP contribution is 2.34. The molecule has 1 heterocycles. The number of nitrogens with two attached hydrogens (primary N) is 1. The molecule has 0 saturated heterocycles. The van der Waals surface area contributed by atoms with Crippen LogP contribution in [0.15, 0.2) is 71.6 Å². The Kier molecular flexibility index (Phi) is 6.10. The summed E-state index contributed by atoms with van der Waals surface area (Å²) in [5.74, 6) is 0.949. The second-order valence-electron chi connectivity index (χ2n) is 6.91. The summed E-state index contributed by atoms with van der Waals surface area (Å²) in [7, 11) is -4.12. The van der Waals surface area contributed by atoms with E-state index in [9.17, 15) is 8.42 Å². The average Bonchev–Trinajstić information content (AvgIpc) is 3.21. The smallest absolute Gasteiger partial charge is 0.262 e. The molecule has 4 rings (SSSR count). The van der Waals surface area contributed by atoms with Gasteiger partial charge in [-0.05, 0) is 42.5 Å². The molecule has 0 fully saturated rings. The zero-order valence-corrected chi connectivity index (χ0v) is 19.3. The average molecular weight is 488 g/mol. The van der Waals surface area contributed by atoms with E-state index in [4.69, 9.17) is 28.9 Å². The van der Waals surface area contributed by atoms with Crippen molar-refractivity contribution < 1.29 is 8.42 Å². The Labute approximate surface area is 195 Å². The minimum absolute atomic E-state index is 0.0821. The van der Waals surface area contributed by atoms with E-state index in [1.54, 1.807) is 35.0 Å². The van der Waals surface area contributed by atoms with Crippen molar-refractivity contribution in [2.45, 2.75) is 18.2 Å². The molecular formula is C22H19Cl2N5O2S. The van der Waals surface area contributed by atoms with Crippen LogP contribution in [0.25, 0.3) is 17.1 Å². The molecule has 164 valence electrons. The number of hydrogen-bond acceptors (Lipinski definition) is 5. The Morgan fingerprint density at radius 1 is 1.00 bits per heavy atom. The van der Waals surface area contributed by atoms with Gasteiger partial charge in [0.15, 0.2) is 5.82 Å². The maximum atomic E-state index is 13.3. The van der Waals surface area contributed by atoms with Gasteiger partial charge >= 0.3 is 0 Å². The number of hydrogen-bond donors (Lipinski definition) is 2. The molecule has 10 heteroatoms. The molecular weight excluding hydrogens is 469 g/mol. The number of rotatable bonds is 6. The second-order valence-corrected chi connectivity index (χ2v) is 9.38. The van der Waals surface area contributed by atoms with Crippen LogP contribution in [0.5, 0.6) is 0 Å². The van der Waals surface area contributed by atoms with Crippen LogP contribution in [-0.2, 0) is 16.4 Å². The predicted molar refractivity (Wildman–Crippen MR) is 128 cm³/mol. The summed E-state index contributed by atoms with van der Waals surface area (Å²) in [6, 6.07) is 18.8. The van der Waals surface area contributed by atoms with Crippen LogP contribution in [0.3, 0.4) is 0 Å². The van der Waals surface area contributed by atoms with Gasteiger partial charge in [0.25, 0.3) is 10.0 Å². The van der Waals surface area contributed by atoms with E-state index in [1.807, 2.05) is 37.3 Å². The molecule has 0 amide bonds. The summed E-state index contributed by atoms with van der Waals surface area (Å²) in [4.78, 5) is 4.51. The number of halogens is 2. The van der Waals surface area contributed by atoms with E-state index in [0.717, 1.165) is 5.69 Å². The molecule has 3 aromatic carbocycles. The van der Waals surface area contributed by atoms with Gasteiger partial charge in [0, 0.05) is 17.7 Å². The topological polar surface area (TPSA) is 103 Å². The zero-order valence-electron chi connectivity index (χ0n) is 17.0. The molecule has 7 nitrogen and oxygen atoms in total. The molecule has 4 aromatic rings. The molecule has 0 atom stereocenters. The minimum atomic E-state index is -4.12. The van der Waals surface area contributed by atoms with Crippen LogP contribution in [0, 0.1) is 0 Å². The third-order valence-corrected chi connectivity index (χ3v) is 6.75. The molecule has 0 saturated carbocycles. The number of anilines is 2. The van der Waals surface area contributed by atoms with Gasteiger partial charge in [-0.25, -0.2) is 18.1 Å². The molecule has 3 N–H and O–H groups in total. The summed E-state index contributed by atoms with van der Waals surface area (Å²) in [5.41, 5.74) is 7.41. The third-order valence-electron chi connectivity index (χ3n) is 4.73. The second kappa shape index (κ2) is 8.82. The number of sulfonamides is 1. The predicted octanol–water partition coefficient (Wildman–Crippen LogP) is 5.19. The Balaban J connectivity index is 1.84. The van der Waals surface area contributed by atoms with Gasteiger partial charge in [-0.15, -0.1) is 5.10 Å². The lowest BCUT2D eigenvalue weighted by Crippen LogP contribution is -2.15. The number of para-hydroxylation sites is 2. The number of nitrogen functional groups attached to an aromatic ring is 1. The van der Waals surface area contributed by atoms with E-state index in [1.165, 1.54) is 6.07 Å². The van der Waals surface area contributed by atoms with Crippen LogP contribution in [-0.4, -0.2) is 23.2 Å². The first kappa shape index (κ1) is 22.1. The molecule has 0 spiro atoms. The highest BCUT2D eigenvalue weighted by atomic mass is 35.5. The van der Waals surface area contributed by atoms with E-state index < -0.39 is 10.0 Å². The molecule has 0 aliphatic carbocycles. The van der Waals surface area contributed by atoms with Crippen molar-refractivity contribution >= 4 is 44.6 Å². The van der Waals surface area contributed by atoms with Crippen molar-refractivity contribution in [1.29, 1.82) is 0 Å². The maximum absolute atomic E-state index is 13.3. The van der Waals surface area contributed by atoms with Crippen molar-refractivity contribution in [1.82, 2.24) is 14.8 Å². The molecule has 0 radical (unpaired) electrons. The highest BCUT2D eigenvalue weighted by Gasteiger charge is 2.25. The minimum Gasteiger partial charge on any atom is -0.399 e. The monoisotopic (exact) mass is 487 g/mol. The molecule has 0 aliphatic heterocycles. The van der Waals surface area contributed by atoms with Crippen molar-refractivity contribution in [2.75, 3.05) is 10.5 Å². The normalized spacial score (nSPS) is 11.5. The number of aromatic nitrogens is 3. The SMILES string of the molecule is CCc1nc(-c2ccc(N)cc2S(=O)(=O)Nc2c(Cl)cccc2Cl)nn1-c1ccccc1. The number of nitrogens with zero attached hydrogens (tertiary/aromatic N) is 3. The molecule has 1 aromatic heterocycles. The van der Waals surface area contributed by atoms with E-state index in [2.05, 4.69) is 14.8 Å². The Bertz CT molecular complexity index is 1370. The van der Waals surface area contributed by atoms with Crippen LogP contribution < -0.4 is 10.5 Å². The quantitative estimate of drug-likeness (QED) is 0.364. The molecule has 0 aliphatic rings. The highest BCUT2D eigenvalue weighted by molar-refractivity contribution is 7.92. The van der Waals surface area contributed by atoms with Gasteiger partial charge < -0.3 is 5.73 Å². The largest absolute Gasteiger partial charge is 0.399 e. The first-order valence-corrected chi connectivity index (χ1v) is 11.9. The number of aryl methyl sites for hydroxylation is 1. The molecule has 0 unspecified atom stereocenters. The Morgan fingerprint density at radius 3 is 2.34 bits per heavy atom. The van der Waals surface area contributed by atoms with Crippen molar-refractivity contribution in [3.8, 4) is 17.1 Å². The maximum Gasteiger partial charge on any atom is 0.262 e. The first-order chi connectivity index (χ1) is 15.3. The van der Waals surface area contributed by atoms with E-state index in [-0.39, 0.29) is 32.1 Å². The van der Waals surface area contributed by atoms with Gasteiger partial charge in [0.2, 0.25) is 0 Å². The Hall–Kier alpha value is -3.07. The Morgan fingerprint density at radius 2 is 1.69 bits per heavy atom. The standard InChI is InChI=1S/C22H19Cl2N5O2S/c1-2-20-26-22(27-29(20)15-7-4-3-5-8-15)16-12-11-14(25)13-19(16)32(30,31)28-21-17(23)9-6-10-18(21)24/h3-13,28H,2,25H2,1H3. The van der Waals surface area contributed by atoms with Gasteiger partial charge in [-0.2, -0.15) is 0 Å². The number of benzene rings is 3. The summed E-state index contributed by atoms with van der Waals surface area (Å²) < 4.78 is 30.8. The lowest BCUT2D eigenvalue weighted by atomic mass is 10.2. The molecule has 32 heavy (non-hydrogen) atoms. The van der Waals surface area contributed by atoms with Crippen LogP contribution in [0.1, 0.15) is 12.7 Å².